The van der Waals surface area contributed by atoms with E-state index in [4.69, 9.17) is 9.47 Å². The van der Waals surface area contributed by atoms with Gasteiger partial charge in [0, 0.05) is 11.6 Å². The van der Waals surface area contributed by atoms with Crippen LogP contribution >= 0.6 is 0 Å². The van der Waals surface area contributed by atoms with Gasteiger partial charge in [-0.3, -0.25) is 4.79 Å². The summed E-state index contributed by atoms with van der Waals surface area (Å²) in [5, 5.41) is 0. The average molecular weight is 336 g/mol. The monoisotopic (exact) mass is 336 g/mol. The molecule has 126 valence electrons. The fraction of sp³-hybridized carbons (Fsp3) is 0.167. The third kappa shape index (κ3) is 4.16. The van der Waals surface area contributed by atoms with E-state index in [2.05, 4.69) is 0 Å². The zero-order valence-electron chi connectivity index (χ0n) is 13.1. The van der Waals surface area contributed by atoms with Crippen LogP contribution < -0.4 is 9.47 Å². The van der Waals surface area contributed by atoms with Gasteiger partial charge in [0.2, 0.25) is 0 Å². The van der Waals surface area contributed by atoms with Crippen molar-refractivity contribution < 1.29 is 27.4 Å². The number of halogens is 3. The summed E-state index contributed by atoms with van der Waals surface area (Å²) in [6.07, 6.45) is -2.24. The molecule has 0 heterocycles. The summed E-state index contributed by atoms with van der Waals surface area (Å²) in [5.74, 6) is 0.382. The van der Waals surface area contributed by atoms with Crippen molar-refractivity contribution in [3.8, 4) is 11.5 Å². The fourth-order valence-corrected chi connectivity index (χ4v) is 2.11. The maximum atomic E-state index is 12.9. The van der Waals surface area contributed by atoms with Crippen molar-refractivity contribution >= 4 is 11.9 Å². The van der Waals surface area contributed by atoms with Crippen LogP contribution in [0.4, 0.5) is 13.2 Å². The van der Waals surface area contributed by atoms with Gasteiger partial charge in [0.05, 0.1) is 19.8 Å². The summed E-state index contributed by atoms with van der Waals surface area (Å²) in [7, 11) is 2.89. The molecular formula is C18H15F3O3. The third-order valence-corrected chi connectivity index (χ3v) is 3.32. The van der Waals surface area contributed by atoms with Gasteiger partial charge in [-0.15, -0.1) is 0 Å². The summed E-state index contributed by atoms with van der Waals surface area (Å²) in [4.78, 5) is 12.2. The van der Waals surface area contributed by atoms with E-state index < -0.39 is 17.5 Å². The Morgan fingerprint density at radius 1 is 1.00 bits per heavy atom. The number of ketones is 1. The Balaban J connectivity index is 2.32. The lowest BCUT2D eigenvalue weighted by Crippen LogP contribution is -2.07. The predicted molar refractivity (Wildman–Crippen MR) is 84.4 cm³/mol. The molecule has 6 heteroatoms. The molecule has 0 saturated carbocycles. The van der Waals surface area contributed by atoms with Gasteiger partial charge < -0.3 is 9.47 Å². The standard InChI is InChI=1S/C18H15F3O3/c1-23-14-9-13(10-15(11-14)24-2)17(22)8-7-12-5-3-4-6-16(12)18(19,20)21/h3-11H,1-2H3/b8-7+. The van der Waals surface area contributed by atoms with Crippen molar-refractivity contribution in [3.05, 3.63) is 65.2 Å². The van der Waals surface area contributed by atoms with E-state index in [1.165, 1.54) is 44.6 Å². The van der Waals surface area contributed by atoms with Gasteiger partial charge in [-0.1, -0.05) is 24.3 Å². The van der Waals surface area contributed by atoms with Crippen LogP contribution in [0.1, 0.15) is 21.5 Å². The van der Waals surface area contributed by atoms with Crippen molar-refractivity contribution in [2.24, 2.45) is 0 Å². The van der Waals surface area contributed by atoms with E-state index in [9.17, 15) is 18.0 Å². The van der Waals surface area contributed by atoms with Gasteiger partial charge in [-0.2, -0.15) is 13.2 Å². The minimum absolute atomic E-state index is 0.0757. The smallest absolute Gasteiger partial charge is 0.416 e. The first-order valence-corrected chi connectivity index (χ1v) is 6.97. The SMILES string of the molecule is COc1cc(OC)cc(C(=O)/C=C/c2ccccc2C(F)(F)F)c1. The lowest BCUT2D eigenvalue weighted by Gasteiger charge is -2.09. The largest absolute Gasteiger partial charge is 0.497 e. The lowest BCUT2D eigenvalue weighted by molar-refractivity contribution is -0.137. The molecule has 0 bridgehead atoms. The van der Waals surface area contributed by atoms with Gasteiger partial charge in [0.25, 0.3) is 0 Å². The Kier molecular flexibility index (Phi) is 5.28. The first kappa shape index (κ1) is 17.6. The van der Waals surface area contributed by atoms with Crippen LogP contribution in [0.2, 0.25) is 0 Å². The second kappa shape index (κ2) is 7.21. The number of methoxy groups -OCH3 is 2. The molecule has 0 aromatic heterocycles. The fourth-order valence-electron chi connectivity index (χ4n) is 2.11. The number of ether oxygens (including phenoxy) is 2. The highest BCUT2D eigenvalue weighted by atomic mass is 19.4. The lowest BCUT2D eigenvalue weighted by atomic mass is 10.0. The molecule has 0 spiro atoms. The van der Waals surface area contributed by atoms with Crippen molar-refractivity contribution in [2.75, 3.05) is 14.2 Å². The molecular weight excluding hydrogens is 321 g/mol. The number of benzene rings is 2. The maximum Gasteiger partial charge on any atom is 0.416 e. The van der Waals surface area contributed by atoms with Crippen LogP contribution in [-0.4, -0.2) is 20.0 Å². The first-order valence-electron chi connectivity index (χ1n) is 6.97. The van der Waals surface area contributed by atoms with E-state index in [1.807, 2.05) is 0 Å². The van der Waals surface area contributed by atoms with E-state index in [-0.39, 0.29) is 11.1 Å². The van der Waals surface area contributed by atoms with Crippen LogP contribution in [0, 0.1) is 0 Å². The highest BCUT2D eigenvalue weighted by Crippen LogP contribution is 2.32. The van der Waals surface area contributed by atoms with Gasteiger partial charge in [0.15, 0.2) is 5.78 Å². The summed E-state index contributed by atoms with van der Waals surface area (Å²) in [5.41, 5.74) is -0.613. The van der Waals surface area contributed by atoms with Gasteiger partial charge in [0.1, 0.15) is 11.5 Å². The molecule has 0 fully saturated rings. The molecule has 24 heavy (non-hydrogen) atoms. The molecule has 2 aromatic carbocycles. The number of hydrogen-bond acceptors (Lipinski definition) is 3. The Morgan fingerprint density at radius 2 is 1.58 bits per heavy atom. The zero-order chi connectivity index (χ0) is 17.7. The van der Waals surface area contributed by atoms with Crippen LogP contribution in [0.15, 0.2) is 48.5 Å². The summed E-state index contributed by atoms with van der Waals surface area (Å²) in [6.45, 7) is 0. The zero-order valence-corrected chi connectivity index (χ0v) is 13.1. The quantitative estimate of drug-likeness (QED) is 0.590. The van der Waals surface area contributed by atoms with Gasteiger partial charge >= 0.3 is 6.18 Å². The number of alkyl halides is 3. The van der Waals surface area contributed by atoms with Crippen LogP contribution in [0.5, 0.6) is 11.5 Å². The molecule has 0 amide bonds. The van der Waals surface area contributed by atoms with Crippen LogP contribution in [-0.2, 0) is 6.18 Å². The Hall–Kier alpha value is -2.76. The van der Waals surface area contributed by atoms with E-state index in [0.717, 1.165) is 18.2 Å². The molecule has 0 aliphatic carbocycles. The number of rotatable bonds is 5. The van der Waals surface area contributed by atoms with Crippen molar-refractivity contribution in [2.45, 2.75) is 6.18 Å². The number of allylic oxidation sites excluding steroid dienone is 1. The highest BCUT2D eigenvalue weighted by Gasteiger charge is 2.32. The number of carbonyl (C=O) groups is 1. The molecule has 0 radical (unpaired) electrons. The average Bonchev–Trinajstić information content (AvgIpc) is 2.58. The second-order valence-corrected chi connectivity index (χ2v) is 4.88. The van der Waals surface area contributed by atoms with Crippen molar-refractivity contribution in [3.63, 3.8) is 0 Å². The first-order chi connectivity index (χ1) is 11.3. The van der Waals surface area contributed by atoms with Gasteiger partial charge in [-0.05, 0) is 29.8 Å². The second-order valence-electron chi connectivity index (χ2n) is 4.88. The molecule has 0 saturated heterocycles. The van der Waals surface area contributed by atoms with E-state index in [0.29, 0.717) is 11.5 Å². The molecule has 2 rings (SSSR count). The van der Waals surface area contributed by atoms with Crippen LogP contribution in [0.3, 0.4) is 0 Å². The molecule has 0 N–H and O–H groups in total. The molecule has 0 aliphatic rings. The normalized spacial score (nSPS) is 11.5. The Labute approximate surface area is 137 Å². The molecule has 0 atom stereocenters. The Bertz CT molecular complexity index is 742. The number of hydrogen-bond donors (Lipinski definition) is 0. The maximum absolute atomic E-state index is 12.9. The summed E-state index contributed by atoms with van der Waals surface area (Å²) >= 11 is 0. The molecule has 3 nitrogen and oxygen atoms in total. The van der Waals surface area contributed by atoms with Gasteiger partial charge in [-0.25, -0.2) is 0 Å². The third-order valence-electron chi connectivity index (χ3n) is 3.32. The molecule has 0 unspecified atom stereocenters. The summed E-state index contributed by atoms with van der Waals surface area (Å²) in [6, 6.07) is 9.63. The predicted octanol–water partition coefficient (Wildman–Crippen LogP) is 4.62. The topological polar surface area (TPSA) is 35.5 Å². The molecule has 0 aliphatic heterocycles. The van der Waals surface area contributed by atoms with E-state index in [1.54, 1.807) is 6.07 Å². The van der Waals surface area contributed by atoms with Crippen LogP contribution in [0.25, 0.3) is 6.08 Å². The van der Waals surface area contributed by atoms with Crippen molar-refractivity contribution in [1.29, 1.82) is 0 Å². The number of carbonyl (C=O) groups excluding carboxylic acids is 1. The minimum Gasteiger partial charge on any atom is -0.497 e. The van der Waals surface area contributed by atoms with E-state index >= 15 is 0 Å². The highest BCUT2D eigenvalue weighted by molar-refractivity contribution is 6.07. The summed E-state index contributed by atoms with van der Waals surface area (Å²) < 4.78 is 49.0. The van der Waals surface area contributed by atoms with Crippen molar-refractivity contribution in [1.82, 2.24) is 0 Å². The minimum atomic E-state index is -4.48. The molecule has 2 aromatic rings. The Morgan fingerprint density at radius 3 is 2.12 bits per heavy atom.